The van der Waals surface area contributed by atoms with Gasteiger partial charge in [-0.2, -0.15) is 0 Å². The van der Waals surface area contributed by atoms with Gasteiger partial charge in [0.25, 0.3) is 5.91 Å². The van der Waals surface area contributed by atoms with E-state index in [1.165, 1.54) is 31.1 Å². The Labute approximate surface area is 206 Å². The molecule has 0 saturated heterocycles. The third-order valence-electron chi connectivity index (χ3n) is 5.97. The van der Waals surface area contributed by atoms with E-state index in [-0.39, 0.29) is 44.0 Å². The van der Waals surface area contributed by atoms with Crippen LogP contribution in [0.1, 0.15) is 45.0 Å². The van der Waals surface area contributed by atoms with Crippen molar-refractivity contribution in [3.05, 3.63) is 97.6 Å². The number of aromatic hydroxyl groups is 1. The molecule has 1 aliphatic rings. The number of phenols is 1. The molecule has 1 aromatic heterocycles. The molecule has 1 aliphatic heterocycles. The number of ether oxygens (including phenoxy) is 1. The predicted molar refractivity (Wildman–Crippen MR) is 130 cm³/mol. The normalized spacial score (nSPS) is 14.9. The van der Waals surface area contributed by atoms with Crippen LogP contribution < -0.4 is 15.1 Å². The van der Waals surface area contributed by atoms with E-state index in [9.17, 15) is 23.9 Å². The van der Waals surface area contributed by atoms with Gasteiger partial charge in [-0.15, -0.1) is 0 Å². The molecule has 0 spiro atoms. The van der Waals surface area contributed by atoms with Gasteiger partial charge in [0, 0.05) is 11.3 Å². The molecule has 0 aliphatic carbocycles. The molecule has 2 heterocycles. The minimum Gasteiger partial charge on any atom is -0.503 e. The molecule has 176 valence electrons. The zero-order valence-corrected chi connectivity index (χ0v) is 20.1. The Balaban J connectivity index is 1.81. The molecule has 0 bridgehead atoms. The molecule has 0 fully saturated rings. The third-order valence-corrected chi connectivity index (χ3v) is 6.58. The van der Waals surface area contributed by atoms with Crippen molar-refractivity contribution in [2.24, 2.45) is 0 Å². The van der Waals surface area contributed by atoms with Crippen molar-refractivity contribution >= 4 is 44.3 Å². The fourth-order valence-corrected chi connectivity index (χ4v) is 4.75. The molecule has 0 radical (unpaired) electrons. The van der Waals surface area contributed by atoms with Gasteiger partial charge in [0.2, 0.25) is 5.76 Å². The van der Waals surface area contributed by atoms with E-state index in [2.05, 4.69) is 15.9 Å². The molecule has 9 heteroatoms. The van der Waals surface area contributed by atoms with Crippen LogP contribution >= 0.6 is 15.9 Å². The maximum absolute atomic E-state index is 14.0. The van der Waals surface area contributed by atoms with E-state index in [1.807, 2.05) is 0 Å². The van der Waals surface area contributed by atoms with Crippen LogP contribution in [0.2, 0.25) is 0 Å². The third kappa shape index (κ3) is 3.59. The van der Waals surface area contributed by atoms with Crippen LogP contribution in [0.3, 0.4) is 0 Å². The maximum Gasteiger partial charge on any atom is 0.295 e. The summed E-state index contributed by atoms with van der Waals surface area (Å²) in [6.45, 7) is 1.43. The maximum atomic E-state index is 14.0. The Morgan fingerprint density at radius 3 is 2.49 bits per heavy atom. The average Bonchev–Trinajstić information content (AvgIpc) is 3.13. The summed E-state index contributed by atoms with van der Waals surface area (Å²) in [7, 11) is 1.38. The molecule has 1 amide bonds. The molecule has 1 N–H and O–H groups in total. The van der Waals surface area contributed by atoms with Gasteiger partial charge in [-0.05, 0) is 83.0 Å². The highest BCUT2D eigenvalue weighted by Crippen LogP contribution is 2.45. The van der Waals surface area contributed by atoms with E-state index in [4.69, 9.17) is 9.15 Å². The van der Waals surface area contributed by atoms with Crippen LogP contribution in [-0.4, -0.2) is 23.9 Å². The van der Waals surface area contributed by atoms with Gasteiger partial charge in [0.15, 0.2) is 22.7 Å². The number of Topliss-reactive ketones (excluding diaryl/α,β-unsaturated/α-hetero) is 1. The number of ketones is 1. The van der Waals surface area contributed by atoms with Gasteiger partial charge in [-0.3, -0.25) is 19.3 Å². The lowest BCUT2D eigenvalue weighted by Gasteiger charge is -2.26. The zero-order chi connectivity index (χ0) is 25.0. The van der Waals surface area contributed by atoms with Gasteiger partial charge in [0.1, 0.15) is 11.4 Å². The van der Waals surface area contributed by atoms with Crippen molar-refractivity contribution in [1.29, 1.82) is 0 Å². The molecular weight excluding hydrogens is 521 g/mol. The first-order valence-electron chi connectivity index (χ1n) is 10.5. The topological polar surface area (TPSA) is 97.0 Å². The van der Waals surface area contributed by atoms with E-state index < -0.39 is 23.2 Å². The smallest absolute Gasteiger partial charge is 0.295 e. The largest absolute Gasteiger partial charge is 0.503 e. The summed E-state index contributed by atoms with van der Waals surface area (Å²) in [6, 6.07) is 12.0. The van der Waals surface area contributed by atoms with Crippen LogP contribution in [0.15, 0.2) is 68.3 Å². The highest BCUT2D eigenvalue weighted by Gasteiger charge is 2.44. The number of benzene rings is 3. The van der Waals surface area contributed by atoms with Gasteiger partial charge in [-0.1, -0.05) is 0 Å². The SMILES string of the molecule is COc1cc(C2c3c(oc4ccc(F)cc4c3=O)C(=O)N2c2ccc(C(C)=O)cc2)cc(Br)c1O. The summed E-state index contributed by atoms with van der Waals surface area (Å²) in [5, 5.41) is 10.3. The number of fused-ring (bicyclic) bond motifs is 2. The number of carbonyl (C=O) groups is 2. The minimum absolute atomic E-state index is 0.000127. The van der Waals surface area contributed by atoms with Crippen molar-refractivity contribution in [2.45, 2.75) is 13.0 Å². The molecule has 1 atom stereocenters. The molecule has 0 saturated carbocycles. The Morgan fingerprint density at radius 1 is 1.11 bits per heavy atom. The van der Waals surface area contributed by atoms with Crippen LogP contribution in [0.25, 0.3) is 11.0 Å². The van der Waals surface area contributed by atoms with E-state index in [0.717, 1.165) is 12.1 Å². The van der Waals surface area contributed by atoms with Crippen LogP contribution in [0.5, 0.6) is 11.5 Å². The van der Waals surface area contributed by atoms with E-state index in [1.54, 1.807) is 30.3 Å². The Bertz CT molecular complexity index is 1590. The van der Waals surface area contributed by atoms with Crippen molar-refractivity contribution in [2.75, 3.05) is 12.0 Å². The number of amides is 1. The number of rotatable bonds is 4. The number of anilines is 1. The summed E-state index contributed by atoms with van der Waals surface area (Å²) >= 11 is 3.29. The zero-order valence-electron chi connectivity index (χ0n) is 18.5. The second-order valence-electron chi connectivity index (χ2n) is 8.05. The van der Waals surface area contributed by atoms with Crippen LogP contribution in [-0.2, 0) is 0 Å². The quantitative estimate of drug-likeness (QED) is 0.352. The Kier molecular flexibility index (Phi) is 5.44. The first-order chi connectivity index (χ1) is 16.7. The second kappa shape index (κ2) is 8.35. The van der Waals surface area contributed by atoms with Crippen molar-refractivity contribution in [1.82, 2.24) is 0 Å². The molecule has 3 aromatic carbocycles. The molecule has 5 rings (SSSR count). The number of halogens is 2. The Morgan fingerprint density at radius 2 is 1.83 bits per heavy atom. The lowest BCUT2D eigenvalue weighted by atomic mass is 9.97. The molecule has 4 aromatic rings. The standard InChI is InChI=1S/C26H17BrFNO6/c1-12(30)13-3-6-16(7-4-13)29-22(14-9-18(27)24(32)20(10-14)34-2)21-23(31)17-11-15(28)5-8-19(17)35-25(21)26(29)33/h3-11,22,32H,1-2H3. The lowest BCUT2D eigenvalue weighted by molar-refractivity contribution is 0.0970. The fraction of sp³-hybridized carbons (Fsp3) is 0.115. The second-order valence-corrected chi connectivity index (χ2v) is 8.90. The number of phenolic OH excluding ortho intramolecular Hbond substituents is 1. The van der Waals surface area contributed by atoms with Crippen molar-refractivity contribution in [3.8, 4) is 11.5 Å². The van der Waals surface area contributed by atoms with Gasteiger partial charge in [-0.25, -0.2) is 4.39 Å². The van der Waals surface area contributed by atoms with Crippen LogP contribution in [0, 0.1) is 5.82 Å². The van der Waals surface area contributed by atoms with Crippen molar-refractivity contribution < 1.29 is 28.2 Å². The summed E-state index contributed by atoms with van der Waals surface area (Å²) in [5.74, 6) is -1.52. The highest BCUT2D eigenvalue weighted by molar-refractivity contribution is 9.10. The molecule has 1 unspecified atom stereocenters. The number of nitrogens with zero attached hydrogens (tertiary/aromatic N) is 1. The number of carbonyl (C=O) groups excluding carboxylic acids is 2. The molecular formula is C26H17BrFNO6. The van der Waals surface area contributed by atoms with Gasteiger partial charge >= 0.3 is 0 Å². The highest BCUT2D eigenvalue weighted by atomic mass is 79.9. The Hall–Kier alpha value is -3.98. The van der Waals surface area contributed by atoms with Gasteiger partial charge < -0.3 is 14.3 Å². The minimum atomic E-state index is -0.976. The number of hydrogen-bond acceptors (Lipinski definition) is 6. The summed E-state index contributed by atoms with van der Waals surface area (Å²) < 4.78 is 25.3. The summed E-state index contributed by atoms with van der Waals surface area (Å²) in [4.78, 5) is 40.3. The first-order valence-corrected chi connectivity index (χ1v) is 11.3. The van der Waals surface area contributed by atoms with Crippen molar-refractivity contribution in [3.63, 3.8) is 0 Å². The average molecular weight is 538 g/mol. The lowest BCUT2D eigenvalue weighted by Crippen LogP contribution is -2.29. The summed E-state index contributed by atoms with van der Waals surface area (Å²) in [5.41, 5.74) is 0.874. The van der Waals surface area contributed by atoms with Crippen LogP contribution in [0.4, 0.5) is 10.1 Å². The van der Waals surface area contributed by atoms with Gasteiger partial charge in [0.05, 0.1) is 28.6 Å². The number of hydrogen-bond donors (Lipinski definition) is 1. The fourth-order valence-electron chi connectivity index (χ4n) is 4.29. The molecule has 35 heavy (non-hydrogen) atoms. The monoisotopic (exact) mass is 537 g/mol. The summed E-state index contributed by atoms with van der Waals surface area (Å²) in [6.07, 6.45) is 0. The number of methoxy groups -OCH3 is 1. The first kappa shape index (κ1) is 22.8. The van der Waals surface area contributed by atoms with E-state index in [0.29, 0.717) is 16.8 Å². The predicted octanol–water partition coefficient (Wildman–Crippen LogP) is 5.36. The molecule has 7 nitrogen and oxygen atoms in total. The van der Waals surface area contributed by atoms with E-state index >= 15 is 0 Å².